The molecular formula is C26H25NO3. The second-order valence-electron chi connectivity index (χ2n) is 7.61. The minimum absolute atomic E-state index is 0.104. The quantitative estimate of drug-likeness (QED) is 0.546. The molecule has 0 radical (unpaired) electrons. The molecule has 3 aromatic rings. The van der Waals surface area contributed by atoms with Crippen molar-refractivity contribution in [3.63, 3.8) is 0 Å². The molecule has 1 amide bonds. The van der Waals surface area contributed by atoms with E-state index in [1.165, 1.54) is 16.7 Å². The maximum Gasteiger partial charge on any atom is 0.338 e. The fourth-order valence-electron chi connectivity index (χ4n) is 3.85. The van der Waals surface area contributed by atoms with E-state index in [0.717, 1.165) is 23.2 Å². The van der Waals surface area contributed by atoms with E-state index in [4.69, 9.17) is 4.74 Å². The average Bonchev–Trinajstić information content (AvgIpc) is 2.76. The Morgan fingerprint density at radius 3 is 2.50 bits per heavy atom. The van der Waals surface area contributed by atoms with E-state index < -0.39 is 0 Å². The van der Waals surface area contributed by atoms with Gasteiger partial charge in [-0.1, -0.05) is 48.0 Å². The lowest BCUT2D eigenvalue weighted by Crippen LogP contribution is -2.34. The molecule has 0 aliphatic carbocycles. The lowest BCUT2D eigenvalue weighted by Gasteiger charge is -2.30. The monoisotopic (exact) mass is 399 g/mol. The third-order valence-corrected chi connectivity index (χ3v) is 5.44. The van der Waals surface area contributed by atoms with Gasteiger partial charge in [0.25, 0.3) is 0 Å². The normalized spacial score (nSPS) is 13.1. The first kappa shape index (κ1) is 19.9. The molecule has 4 nitrogen and oxygen atoms in total. The van der Waals surface area contributed by atoms with Crippen LogP contribution in [-0.4, -0.2) is 18.5 Å². The summed E-state index contributed by atoms with van der Waals surface area (Å²) >= 11 is 0. The fraction of sp³-hybridized carbons (Fsp3) is 0.231. The number of rotatable bonds is 5. The van der Waals surface area contributed by atoms with Crippen LogP contribution in [0.3, 0.4) is 0 Å². The number of anilines is 1. The molecule has 0 fully saturated rings. The number of hydrogen-bond acceptors (Lipinski definition) is 3. The van der Waals surface area contributed by atoms with Gasteiger partial charge < -0.3 is 9.64 Å². The van der Waals surface area contributed by atoms with Crippen molar-refractivity contribution in [1.29, 1.82) is 0 Å². The van der Waals surface area contributed by atoms with E-state index in [1.54, 1.807) is 19.1 Å². The molecule has 0 unspecified atom stereocenters. The second kappa shape index (κ2) is 8.54. The van der Waals surface area contributed by atoms with Gasteiger partial charge in [0.2, 0.25) is 5.91 Å². The summed E-state index contributed by atoms with van der Waals surface area (Å²) < 4.78 is 5.09. The standard InChI is InChI=1S/C26H25NO3/c1-3-30-26(29)23-6-4-5-19(15-23)17-27-24-13-11-21(16-22(24)12-14-25(27)28)20-9-7-18(2)8-10-20/h4-11,13,15-16H,3,12,14,17H2,1-2H3. The van der Waals surface area contributed by atoms with Gasteiger partial charge in [0, 0.05) is 12.1 Å². The Morgan fingerprint density at radius 2 is 1.73 bits per heavy atom. The van der Waals surface area contributed by atoms with E-state index >= 15 is 0 Å². The molecule has 0 atom stereocenters. The molecule has 1 aliphatic rings. The fourth-order valence-corrected chi connectivity index (χ4v) is 3.85. The highest BCUT2D eigenvalue weighted by Gasteiger charge is 2.25. The van der Waals surface area contributed by atoms with Crippen LogP contribution in [0, 0.1) is 6.92 Å². The average molecular weight is 399 g/mol. The predicted molar refractivity (Wildman–Crippen MR) is 119 cm³/mol. The van der Waals surface area contributed by atoms with E-state index in [9.17, 15) is 9.59 Å². The van der Waals surface area contributed by atoms with Crippen LogP contribution in [-0.2, 0) is 22.5 Å². The summed E-state index contributed by atoms with van der Waals surface area (Å²) in [7, 11) is 0. The van der Waals surface area contributed by atoms with Gasteiger partial charge in [-0.15, -0.1) is 0 Å². The summed E-state index contributed by atoms with van der Waals surface area (Å²) in [6.07, 6.45) is 1.23. The number of fused-ring (bicyclic) bond motifs is 1. The van der Waals surface area contributed by atoms with Crippen molar-refractivity contribution in [2.75, 3.05) is 11.5 Å². The van der Waals surface area contributed by atoms with Crippen molar-refractivity contribution in [3.05, 3.63) is 89.0 Å². The Bertz CT molecular complexity index is 1090. The van der Waals surface area contributed by atoms with Gasteiger partial charge in [0.15, 0.2) is 0 Å². The summed E-state index contributed by atoms with van der Waals surface area (Å²) in [6, 6.07) is 22.1. The van der Waals surface area contributed by atoms with Gasteiger partial charge in [-0.3, -0.25) is 4.79 Å². The van der Waals surface area contributed by atoms with Crippen LogP contribution in [0.5, 0.6) is 0 Å². The Kier molecular flexibility index (Phi) is 5.66. The third kappa shape index (κ3) is 4.13. The highest BCUT2D eigenvalue weighted by molar-refractivity contribution is 5.97. The molecule has 4 rings (SSSR count). The van der Waals surface area contributed by atoms with Crippen LogP contribution in [0.15, 0.2) is 66.7 Å². The summed E-state index contributed by atoms with van der Waals surface area (Å²) in [5.74, 6) is -0.236. The molecule has 0 N–H and O–H groups in total. The maximum atomic E-state index is 12.7. The first-order valence-electron chi connectivity index (χ1n) is 10.3. The predicted octanol–water partition coefficient (Wildman–Crippen LogP) is 5.32. The first-order chi connectivity index (χ1) is 14.5. The molecule has 0 saturated carbocycles. The minimum Gasteiger partial charge on any atom is -0.462 e. The highest BCUT2D eigenvalue weighted by Crippen LogP contribution is 2.33. The molecule has 30 heavy (non-hydrogen) atoms. The van der Waals surface area contributed by atoms with Crippen LogP contribution in [0.2, 0.25) is 0 Å². The third-order valence-electron chi connectivity index (χ3n) is 5.44. The molecular weight excluding hydrogens is 374 g/mol. The SMILES string of the molecule is CCOC(=O)c1cccc(CN2C(=O)CCc3cc(-c4ccc(C)cc4)ccc32)c1. The minimum atomic E-state index is -0.340. The number of hydrogen-bond donors (Lipinski definition) is 0. The number of aryl methyl sites for hydroxylation is 2. The van der Waals surface area contributed by atoms with Crippen molar-refractivity contribution >= 4 is 17.6 Å². The van der Waals surface area contributed by atoms with Gasteiger partial charge >= 0.3 is 5.97 Å². The van der Waals surface area contributed by atoms with Crippen molar-refractivity contribution < 1.29 is 14.3 Å². The molecule has 0 aromatic heterocycles. The smallest absolute Gasteiger partial charge is 0.338 e. The van der Waals surface area contributed by atoms with Crippen LogP contribution < -0.4 is 4.90 Å². The van der Waals surface area contributed by atoms with Gasteiger partial charge in [-0.2, -0.15) is 0 Å². The topological polar surface area (TPSA) is 46.6 Å². The largest absolute Gasteiger partial charge is 0.462 e. The molecule has 152 valence electrons. The van der Waals surface area contributed by atoms with Gasteiger partial charge in [0.1, 0.15) is 0 Å². The zero-order valence-electron chi connectivity index (χ0n) is 17.4. The molecule has 0 spiro atoms. The molecule has 0 saturated heterocycles. The van der Waals surface area contributed by atoms with Gasteiger partial charge in [0.05, 0.1) is 18.7 Å². The Hall–Kier alpha value is -3.40. The lowest BCUT2D eigenvalue weighted by molar-refractivity contribution is -0.119. The summed E-state index contributed by atoms with van der Waals surface area (Å²) in [5.41, 5.74) is 7.11. The van der Waals surface area contributed by atoms with Gasteiger partial charge in [-0.05, 0) is 66.8 Å². The Balaban J connectivity index is 1.61. The molecule has 1 aliphatic heterocycles. The summed E-state index contributed by atoms with van der Waals surface area (Å²) in [4.78, 5) is 26.6. The highest BCUT2D eigenvalue weighted by atomic mass is 16.5. The van der Waals surface area contributed by atoms with E-state index in [-0.39, 0.29) is 11.9 Å². The van der Waals surface area contributed by atoms with Crippen LogP contribution in [0.1, 0.15) is 40.4 Å². The number of amides is 1. The molecule has 4 heteroatoms. The maximum absolute atomic E-state index is 12.7. The number of carbonyl (C=O) groups is 2. The summed E-state index contributed by atoms with van der Waals surface area (Å²) in [5, 5.41) is 0. The number of esters is 1. The summed E-state index contributed by atoms with van der Waals surface area (Å²) in [6.45, 7) is 4.64. The van der Waals surface area contributed by atoms with Gasteiger partial charge in [-0.25, -0.2) is 4.79 Å². The number of carbonyl (C=O) groups excluding carboxylic acids is 2. The van der Waals surface area contributed by atoms with Crippen molar-refractivity contribution in [3.8, 4) is 11.1 Å². The Morgan fingerprint density at radius 1 is 0.967 bits per heavy atom. The van der Waals surface area contributed by atoms with Crippen molar-refractivity contribution in [2.24, 2.45) is 0 Å². The second-order valence-corrected chi connectivity index (χ2v) is 7.61. The van der Waals surface area contributed by atoms with E-state index in [0.29, 0.717) is 25.1 Å². The number of nitrogens with zero attached hydrogens (tertiary/aromatic N) is 1. The van der Waals surface area contributed by atoms with Crippen molar-refractivity contribution in [2.45, 2.75) is 33.2 Å². The first-order valence-corrected chi connectivity index (χ1v) is 10.3. The van der Waals surface area contributed by atoms with E-state index in [2.05, 4.69) is 43.3 Å². The lowest BCUT2D eigenvalue weighted by atomic mass is 9.95. The Labute approximate surface area is 177 Å². The van der Waals surface area contributed by atoms with E-state index in [1.807, 2.05) is 23.1 Å². The molecule has 3 aromatic carbocycles. The van der Waals surface area contributed by atoms with Crippen molar-refractivity contribution in [1.82, 2.24) is 0 Å². The number of ether oxygens (including phenoxy) is 1. The van der Waals surface area contributed by atoms with Crippen LogP contribution in [0.25, 0.3) is 11.1 Å². The molecule has 0 bridgehead atoms. The number of benzene rings is 3. The zero-order chi connectivity index (χ0) is 21.1. The zero-order valence-corrected chi connectivity index (χ0v) is 17.4. The molecule has 1 heterocycles. The van der Waals surface area contributed by atoms with Crippen LogP contribution in [0.4, 0.5) is 5.69 Å². The van der Waals surface area contributed by atoms with Crippen LogP contribution >= 0.6 is 0 Å².